The van der Waals surface area contributed by atoms with Crippen molar-refractivity contribution in [1.29, 1.82) is 0 Å². The van der Waals surface area contributed by atoms with Gasteiger partial charge in [-0.2, -0.15) is 0 Å². The molecule has 0 amide bonds. The Balaban J connectivity index is 1.92. The first-order valence-electron chi connectivity index (χ1n) is 5.72. The van der Waals surface area contributed by atoms with Crippen molar-refractivity contribution in [3.8, 4) is 0 Å². The largest absolute Gasteiger partial charge is 0.383 e. The maximum Gasteiger partial charge on any atom is 0.0340 e. The van der Waals surface area contributed by atoms with Gasteiger partial charge in [-0.3, -0.25) is 0 Å². The van der Waals surface area contributed by atoms with Crippen LogP contribution in [0.15, 0.2) is 24.3 Å². The molecule has 1 saturated carbocycles. The fourth-order valence-corrected chi connectivity index (χ4v) is 1.60. The molecule has 2 rings (SSSR count). The zero-order valence-corrected chi connectivity index (χ0v) is 9.59. The Morgan fingerprint density at radius 2 is 1.87 bits per heavy atom. The van der Waals surface area contributed by atoms with Gasteiger partial charge in [-0.1, -0.05) is 26.0 Å². The van der Waals surface area contributed by atoms with E-state index >= 15 is 0 Å². The molecule has 0 bridgehead atoms. The fourth-order valence-electron chi connectivity index (χ4n) is 1.60. The Hall–Kier alpha value is -1.02. The molecule has 0 spiro atoms. The van der Waals surface area contributed by atoms with Crippen LogP contribution in [-0.4, -0.2) is 12.1 Å². The lowest BCUT2D eigenvalue weighted by Gasteiger charge is -2.12. The van der Waals surface area contributed by atoms with Crippen LogP contribution in [0.2, 0.25) is 0 Å². The summed E-state index contributed by atoms with van der Waals surface area (Å²) in [7, 11) is 0. The highest BCUT2D eigenvalue weighted by Crippen LogP contribution is 2.32. The van der Waals surface area contributed by atoms with Crippen molar-refractivity contribution < 1.29 is 0 Å². The van der Waals surface area contributed by atoms with Gasteiger partial charge in [-0.25, -0.2) is 0 Å². The highest BCUT2D eigenvalue weighted by molar-refractivity contribution is 5.45. The molecule has 1 aliphatic rings. The molecular formula is C13H20N2. The molecule has 0 aromatic heterocycles. The van der Waals surface area contributed by atoms with Crippen LogP contribution in [0.5, 0.6) is 0 Å². The second-order valence-electron chi connectivity index (χ2n) is 4.99. The summed E-state index contributed by atoms with van der Waals surface area (Å²) in [6, 6.07) is 8.65. The van der Waals surface area contributed by atoms with Crippen molar-refractivity contribution >= 4 is 5.69 Å². The summed E-state index contributed by atoms with van der Waals surface area (Å²) in [4.78, 5) is 0. The molecular weight excluding hydrogens is 184 g/mol. The molecule has 0 heterocycles. The van der Waals surface area contributed by atoms with E-state index in [9.17, 15) is 0 Å². The van der Waals surface area contributed by atoms with E-state index in [1.165, 1.54) is 11.3 Å². The van der Waals surface area contributed by atoms with Crippen LogP contribution in [0.3, 0.4) is 0 Å². The SMILES string of the molecule is CC(C)c1ccc(NCC2(N)CC2)cc1. The van der Waals surface area contributed by atoms with Gasteiger partial charge in [0.05, 0.1) is 0 Å². The summed E-state index contributed by atoms with van der Waals surface area (Å²) >= 11 is 0. The normalized spacial score (nSPS) is 17.9. The Kier molecular flexibility index (Phi) is 2.70. The van der Waals surface area contributed by atoms with Crippen LogP contribution in [-0.2, 0) is 0 Å². The zero-order chi connectivity index (χ0) is 10.9. The van der Waals surface area contributed by atoms with E-state index in [1.54, 1.807) is 0 Å². The van der Waals surface area contributed by atoms with Gasteiger partial charge in [0.1, 0.15) is 0 Å². The van der Waals surface area contributed by atoms with Crippen molar-refractivity contribution in [3.05, 3.63) is 29.8 Å². The minimum absolute atomic E-state index is 0.0801. The van der Waals surface area contributed by atoms with Crippen molar-refractivity contribution in [2.45, 2.75) is 38.1 Å². The molecule has 2 heteroatoms. The molecule has 0 unspecified atom stereocenters. The third-order valence-electron chi connectivity index (χ3n) is 3.11. The number of rotatable bonds is 4. The van der Waals surface area contributed by atoms with Crippen LogP contribution in [0.25, 0.3) is 0 Å². The summed E-state index contributed by atoms with van der Waals surface area (Å²) in [5, 5.41) is 3.39. The van der Waals surface area contributed by atoms with E-state index in [0.717, 1.165) is 19.4 Å². The molecule has 3 N–H and O–H groups in total. The maximum absolute atomic E-state index is 6.01. The molecule has 0 radical (unpaired) electrons. The lowest BCUT2D eigenvalue weighted by molar-refractivity contribution is 0.713. The van der Waals surface area contributed by atoms with Gasteiger partial charge in [0.2, 0.25) is 0 Å². The van der Waals surface area contributed by atoms with Crippen LogP contribution in [0.4, 0.5) is 5.69 Å². The van der Waals surface area contributed by atoms with Crippen LogP contribution >= 0.6 is 0 Å². The predicted molar refractivity (Wildman–Crippen MR) is 65.2 cm³/mol. The molecule has 0 saturated heterocycles. The molecule has 1 aliphatic carbocycles. The molecule has 1 fully saturated rings. The summed E-state index contributed by atoms with van der Waals surface area (Å²) in [5.41, 5.74) is 8.65. The third-order valence-corrected chi connectivity index (χ3v) is 3.11. The van der Waals surface area contributed by atoms with E-state index in [1.807, 2.05) is 0 Å². The quantitative estimate of drug-likeness (QED) is 0.791. The van der Waals surface area contributed by atoms with Crippen LogP contribution in [0.1, 0.15) is 38.2 Å². The van der Waals surface area contributed by atoms with Crippen molar-refractivity contribution in [3.63, 3.8) is 0 Å². The summed E-state index contributed by atoms with van der Waals surface area (Å²) in [5.74, 6) is 0.600. The Morgan fingerprint density at radius 3 is 2.33 bits per heavy atom. The average molecular weight is 204 g/mol. The standard InChI is InChI=1S/C13H20N2/c1-10(2)11-3-5-12(6-4-11)15-9-13(14)7-8-13/h3-6,10,15H,7-9,14H2,1-2H3. The van der Waals surface area contributed by atoms with Gasteiger partial charge in [-0.15, -0.1) is 0 Å². The minimum Gasteiger partial charge on any atom is -0.383 e. The summed E-state index contributed by atoms with van der Waals surface area (Å²) in [6.45, 7) is 5.32. The van der Waals surface area contributed by atoms with Gasteiger partial charge >= 0.3 is 0 Å². The molecule has 82 valence electrons. The second kappa shape index (κ2) is 3.86. The first-order valence-corrected chi connectivity index (χ1v) is 5.72. The first kappa shape index (κ1) is 10.5. The number of nitrogens with one attached hydrogen (secondary N) is 1. The zero-order valence-electron chi connectivity index (χ0n) is 9.59. The first-order chi connectivity index (χ1) is 7.09. The van der Waals surface area contributed by atoms with Gasteiger partial charge in [0.25, 0.3) is 0 Å². The predicted octanol–water partition coefficient (Wildman–Crippen LogP) is 2.71. The topological polar surface area (TPSA) is 38.0 Å². The second-order valence-corrected chi connectivity index (χ2v) is 4.99. The van der Waals surface area contributed by atoms with Gasteiger partial charge in [0, 0.05) is 17.8 Å². The number of hydrogen-bond donors (Lipinski definition) is 2. The van der Waals surface area contributed by atoms with Gasteiger partial charge in [-0.05, 0) is 36.5 Å². The highest BCUT2D eigenvalue weighted by Gasteiger charge is 2.37. The van der Waals surface area contributed by atoms with E-state index in [0.29, 0.717) is 5.92 Å². The smallest absolute Gasteiger partial charge is 0.0340 e. The Labute approximate surface area is 91.9 Å². The van der Waals surface area contributed by atoms with E-state index in [-0.39, 0.29) is 5.54 Å². The Morgan fingerprint density at radius 1 is 1.27 bits per heavy atom. The highest BCUT2D eigenvalue weighted by atomic mass is 15.0. The van der Waals surface area contributed by atoms with E-state index < -0.39 is 0 Å². The van der Waals surface area contributed by atoms with E-state index in [2.05, 4.69) is 43.4 Å². The number of nitrogens with two attached hydrogens (primary N) is 1. The number of anilines is 1. The molecule has 0 atom stereocenters. The van der Waals surface area contributed by atoms with E-state index in [4.69, 9.17) is 5.73 Å². The molecule has 0 aliphatic heterocycles. The molecule has 1 aromatic carbocycles. The van der Waals surface area contributed by atoms with Gasteiger partial charge in [0.15, 0.2) is 0 Å². The average Bonchev–Trinajstić information content (AvgIpc) is 2.95. The fraction of sp³-hybridized carbons (Fsp3) is 0.538. The number of hydrogen-bond acceptors (Lipinski definition) is 2. The minimum atomic E-state index is 0.0801. The third kappa shape index (κ3) is 2.72. The maximum atomic E-state index is 6.01. The van der Waals surface area contributed by atoms with Crippen molar-refractivity contribution in [1.82, 2.24) is 0 Å². The lowest BCUT2D eigenvalue weighted by atomic mass is 10.0. The summed E-state index contributed by atoms with van der Waals surface area (Å²) in [6.07, 6.45) is 2.31. The van der Waals surface area contributed by atoms with Crippen LogP contribution in [0, 0.1) is 0 Å². The monoisotopic (exact) mass is 204 g/mol. The molecule has 1 aromatic rings. The van der Waals surface area contributed by atoms with Crippen molar-refractivity contribution in [2.24, 2.45) is 5.73 Å². The lowest BCUT2D eigenvalue weighted by Crippen LogP contribution is -2.31. The Bertz CT molecular complexity index is 323. The van der Waals surface area contributed by atoms with Gasteiger partial charge < -0.3 is 11.1 Å². The molecule has 15 heavy (non-hydrogen) atoms. The summed E-state index contributed by atoms with van der Waals surface area (Å²) < 4.78 is 0. The molecule has 2 nitrogen and oxygen atoms in total. The number of benzene rings is 1. The van der Waals surface area contributed by atoms with Crippen LogP contribution < -0.4 is 11.1 Å². The van der Waals surface area contributed by atoms with Crippen molar-refractivity contribution in [2.75, 3.05) is 11.9 Å².